The predicted octanol–water partition coefficient (Wildman–Crippen LogP) is 3.32. The predicted molar refractivity (Wildman–Crippen MR) is 116 cm³/mol. The number of rotatable bonds is 5. The number of nitrogens with zero attached hydrogens (tertiary/aromatic N) is 1. The summed E-state index contributed by atoms with van der Waals surface area (Å²) < 4.78 is 11.8. The Balaban J connectivity index is 0.00000196. The maximum atomic E-state index is 5.96. The van der Waals surface area contributed by atoms with Crippen molar-refractivity contribution < 1.29 is 9.47 Å². The van der Waals surface area contributed by atoms with Gasteiger partial charge in [0, 0.05) is 12.4 Å². The third-order valence-corrected chi connectivity index (χ3v) is 5.05. The minimum Gasteiger partial charge on any atom is -0.491 e. The van der Waals surface area contributed by atoms with Gasteiger partial charge in [-0.15, -0.1) is 24.0 Å². The van der Waals surface area contributed by atoms with E-state index in [4.69, 9.17) is 9.47 Å². The molecule has 140 valence electrons. The van der Waals surface area contributed by atoms with Gasteiger partial charge in [0.15, 0.2) is 5.96 Å². The maximum Gasteiger partial charge on any atom is 0.191 e. The van der Waals surface area contributed by atoms with Crippen LogP contribution >= 0.6 is 24.0 Å². The number of hydrogen-bond acceptors (Lipinski definition) is 3. The van der Waals surface area contributed by atoms with E-state index in [2.05, 4.69) is 33.8 Å². The summed E-state index contributed by atoms with van der Waals surface area (Å²) in [6, 6.07) is 14.8. The number of ether oxygens (including phenoxy) is 2. The summed E-state index contributed by atoms with van der Waals surface area (Å²) in [5, 5.41) is 9.16. The molecule has 0 aromatic heterocycles. The highest BCUT2D eigenvalue weighted by Gasteiger charge is 2.41. The van der Waals surface area contributed by atoms with E-state index >= 15 is 0 Å². The van der Waals surface area contributed by atoms with E-state index in [1.807, 2.05) is 24.3 Å². The van der Waals surface area contributed by atoms with Crippen molar-refractivity contribution in [2.45, 2.75) is 37.5 Å². The van der Waals surface area contributed by atoms with Crippen LogP contribution in [-0.2, 0) is 4.74 Å². The lowest BCUT2D eigenvalue weighted by Crippen LogP contribution is -2.48. The molecule has 2 aromatic carbocycles. The zero-order valence-corrected chi connectivity index (χ0v) is 17.3. The fourth-order valence-corrected chi connectivity index (χ4v) is 3.81. The van der Waals surface area contributed by atoms with Gasteiger partial charge < -0.3 is 20.1 Å². The van der Waals surface area contributed by atoms with E-state index in [-0.39, 0.29) is 24.0 Å². The normalized spacial score (nSPS) is 24.3. The number of fused-ring (bicyclic) bond motifs is 3. The first-order chi connectivity index (χ1) is 12.3. The van der Waals surface area contributed by atoms with E-state index in [1.54, 1.807) is 7.05 Å². The van der Waals surface area contributed by atoms with Crippen LogP contribution in [0.2, 0.25) is 0 Å². The van der Waals surface area contributed by atoms with Crippen LogP contribution in [0.5, 0.6) is 5.75 Å². The largest absolute Gasteiger partial charge is 0.491 e. The average molecular weight is 467 g/mol. The van der Waals surface area contributed by atoms with Crippen molar-refractivity contribution >= 4 is 40.7 Å². The summed E-state index contributed by atoms with van der Waals surface area (Å²) in [7, 11) is 1.80. The number of aliphatic imine (C=N–C) groups is 1. The lowest BCUT2D eigenvalue weighted by Gasteiger charge is -2.22. The van der Waals surface area contributed by atoms with Gasteiger partial charge >= 0.3 is 0 Å². The van der Waals surface area contributed by atoms with Gasteiger partial charge in [-0.05, 0) is 30.7 Å². The van der Waals surface area contributed by atoms with Crippen LogP contribution in [0.3, 0.4) is 0 Å². The van der Waals surface area contributed by atoms with Crippen LogP contribution in [-0.4, -0.2) is 44.4 Å². The molecular weight excluding hydrogens is 441 g/mol. The minimum absolute atomic E-state index is 0. The molecule has 2 bridgehead atoms. The van der Waals surface area contributed by atoms with Crippen molar-refractivity contribution in [2.75, 3.05) is 20.2 Å². The molecular formula is C20H26IN3O2. The summed E-state index contributed by atoms with van der Waals surface area (Å²) in [4.78, 5) is 4.31. The molecule has 5 nitrogen and oxygen atoms in total. The number of nitrogens with one attached hydrogen (secondary N) is 2. The Kier molecular flexibility index (Phi) is 6.58. The third kappa shape index (κ3) is 4.23. The molecule has 2 aliphatic rings. The number of benzene rings is 2. The van der Waals surface area contributed by atoms with Gasteiger partial charge in [0.25, 0.3) is 0 Å². The van der Waals surface area contributed by atoms with Gasteiger partial charge in [-0.1, -0.05) is 36.4 Å². The molecule has 2 saturated heterocycles. The maximum absolute atomic E-state index is 5.96. The Hall–Kier alpha value is -1.54. The van der Waals surface area contributed by atoms with Crippen molar-refractivity contribution in [3.05, 3.63) is 42.5 Å². The first-order valence-corrected chi connectivity index (χ1v) is 9.06. The summed E-state index contributed by atoms with van der Waals surface area (Å²) >= 11 is 0. The average Bonchev–Trinajstić information content (AvgIpc) is 3.27. The molecule has 2 heterocycles. The molecule has 26 heavy (non-hydrogen) atoms. The van der Waals surface area contributed by atoms with E-state index in [0.717, 1.165) is 29.9 Å². The van der Waals surface area contributed by atoms with E-state index in [9.17, 15) is 0 Å². The first kappa shape index (κ1) is 19.2. The molecule has 2 N–H and O–H groups in total. The molecule has 3 atom stereocenters. The standard InChI is InChI=1S/C20H25N3O2.HI/c1-21-20(23-17-13-15-9-10-19(17)25-15)22-11-12-24-18-8-4-6-14-5-2-3-7-16(14)18;/h2-8,15,17,19H,9-13H2,1H3,(H2,21,22,23);1H. The first-order valence-electron chi connectivity index (χ1n) is 9.06. The molecule has 2 fully saturated rings. The van der Waals surface area contributed by atoms with Crippen LogP contribution in [0.1, 0.15) is 19.3 Å². The molecule has 6 heteroatoms. The zero-order valence-electron chi connectivity index (χ0n) is 15.0. The highest BCUT2D eigenvalue weighted by atomic mass is 127. The topological polar surface area (TPSA) is 54.9 Å². The van der Waals surface area contributed by atoms with Crippen LogP contribution in [0.25, 0.3) is 10.8 Å². The molecule has 2 aliphatic heterocycles. The Labute approximate surface area is 171 Å². The third-order valence-electron chi connectivity index (χ3n) is 5.05. The molecule has 2 aromatic rings. The Bertz CT molecular complexity index is 762. The Morgan fingerprint density at radius 2 is 2.04 bits per heavy atom. The molecule has 0 saturated carbocycles. The Morgan fingerprint density at radius 3 is 2.81 bits per heavy atom. The summed E-state index contributed by atoms with van der Waals surface area (Å²) in [5.74, 6) is 1.74. The van der Waals surface area contributed by atoms with Crippen molar-refractivity contribution in [3.8, 4) is 5.75 Å². The summed E-state index contributed by atoms with van der Waals surface area (Å²) in [5.41, 5.74) is 0. The summed E-state index contributed by atoms with van der Waals surface area (Å²) in [6.07, 6.45) is 4.22. The molecule has 0 spiro atoms. The van der Waals surface area contributed by atoms with Gasteiger partial charge in [0.1, 0.15) is 12.4 Å². The van der Waals surface area contributed by atoms with Crippen molar-refractivity contribution in [1.82, 2.24) is 10.6 Å². The second-order valence-electron chi connectivity index (χ2n) is 6.69. The zero-order chi connectivity index (χ0) is 17.1. The van der Waals surface area contributed by atoms with Gasteiger partial charge in [0.2, 0.25) is 0 Å². The molecule has 3 unspecified atom stereocenters. The molecule has 0 radical (unpaired) electrons. The van der Waals surface area contributed by atoms with Gasteiger partial charge in [0.05, 0.1) is 24.8 Å². The van der Waals surface area contributed by atoms with Crippen molar-refractivity contribution in [3.63, 3.8) is 0 Å². The van der Waals surface area contributed by atoms with Gasteiger partial charge in [-0.2, -0.15) is 0 Å². The lowest BCUT2D eigenvalue weighted by atomic mass is 9.96. The fourth-order valence-electron chi connectivity index (χ4n) is 3.81. The van der Waals surface area contributed by atoms with E-state index in [1.165, 1.54) is 11.8 Å². The molecule has 0 amide bonds. The minimum atomic E-state index is 0. The number of hydrogen-bond donors (Lipinski definition) is 2. The van der Waals surface area contributed by atoms with E-state index < -0.39 is 0 Å². The second-order valence-corrected chi connectivity index (χ2v) is 6.69. The van der Waals surface area contributed by atoms with Crippen molar-refractivity contribution in [2.24, 2.45) is 4.99 Å². The SMILES string of the molecule is CN=C(NCCOc1cccc2ccccc12)NC1CC2CCC1O2.I. The number of halogens is 1. The lowest BCUT2D eigenvalue weighted by molar-refractivity contribution is 0.0992. The van der Waals surface area contributed by atoms with Crippen molar-refractivity contribution in [1.29, 1.82) is 0 Å². The molecule has 0 aliphatic carbocycles. The Morgan fingerprint density at radius 1 is 1.19 bits per heavy atom. The van der Waals surface area contributed by atoms with Crippen LogP contribution in [0.15, 0.2) is 47.5 Å². The second kappa shape index (κ2) is 8.90. The van der Waals surface area contributed by atoms with E-state index in [0.29, 0.717) is 31.4 Å². The van der Waals surface area contributed by atoms with Gasteiger partial charge in [-0.3, -0.25) is 4.99 Å². The quantitative estimate of drug-likeness (QED) is 0.307. The molecule has 4 rings (SSSR count). The van der Waals surface area contributed by atoms with Crippen LogP contribution in [0, 0.1) is 0 Å². The smallest absolute Gasteiger partial charge is 0.191 e. The highest BCUT2D eigenvalue weighted by molar-refractivity contribution is 14.0. The van der Waals surface area contributed by atoms with Crippen LogP contribution in [0.4, 0.5) is 0 Å². The van der Waals surface area contributed by atoms with Crippen LogP contribution < -0.4 is 15.4 Å². The highest BCUT2D eigenvalue weighted by Crippen LogP contribution is 2.34. The summed E-state index contributed by atoms with van der Waals surface area (Å²) in [6.45, 7) is 1.28. The monoisotopic (exact) mass is 467 g/mol. The van der Waals surface area contributed by atoms with Gasteiger partial charge in [-0.25, -0.2) is 0 Å². The number of guanidine groups is 1. The fraction of sp³-hybridized carbons (Fsp3) is 0.450.